The van der Waals surface area contributed by atoms with Gasteiger partial charge in [0.2, 0.25) is 11.9 Å². The van der Waals surface area contributed by atoms with Crippen molar-refractivity contribution in [1.29, 1.82) is 0 Å². The van der Waals surface area contributed by atoms with Crippen LogP contribution in [0.1, 0.15) is 25.5 Å². The third-order valence-corrected chi connectivity index (χ3v) is 2.87. The molecule has 1 unspecified atom stereocenters. The zero-order chi connectivity index (χ0) is 14.5. The molecule has 6 heteroatoms. The van der Waals surface area contributed by atoms with Gasteiger partial charge in [-0.15, -0.1) is 0 Å². The van der Waals surface area contributed by atoms with Crippen molar-refractivity contribution in [2.45, 2.75) is 19.9 Å². The molecule has 2 aromatic rings. The van der Waals surface area contributed by atoms with Crippen molar-refractivity contribution in [3.05, 3.63) is 47.2 Å². The Morgan fingerprint density at radius 1 is 1.30 bits per heavy atom. The average molecular weight is 291 g/mol. The van der Waals surface area contributed by atoms with Crippen LogP contribution in [0.5, 0.6) is 0 Å². The van der Waals surface area contributed by atoms with Gasteiger partial charge in [-0.1, -0.05) is 23.7 Å². The monoisotopic (exact) mass is 290 g/mol. The maximum atomic E-state index is 11.1. The number of rotatable bonds is 4. The lowest BCUT2D eigenvalue weighted by Crippen LogP contribution is -2.10. The van der Waals surface area contributed by atoms with Crippen LogP contribution in [0.4, 0.5) is 11.6 Å². The first-order chi connectivity index (χ1) is 9.54. The van der Waals surface area contributed by atoms with Gasteiger partial charge in [-0.3, -0.25) is 4.79 Å². The van der Waals surface area contributed by atoms with Crippen LogP contribution in [0.15, 0.2) is 36.7 Å². The van der Waals surface area contributed by atoms with E-state index in [0.717, 1.165) is 11.3 Å². The Labute approximate surface area is 122 Å². The van der Waals surface area contributed by atoms with Gasteiger partial charge in [-0.05, 0) is 24.6 Å². The zero-order valence-electron chi connectivity index (χ0n) is 11.2. The smallest absolute Gasteiger partial charge is 0.223 e. The molecule has 0 spiro atoms. The summed E-state index contributed by atoms with van der Waals surface area (Å²) in [6, 6.07) is 7.62. The summed E-state index contributed by atoms with van der Waals surface area (Å²) in [5.41, 5.74) is 1.79. The predicted molar refractivity (Wildman–Crippen MR) is 79.8 cm³/mol. The highest BCUT2D eigenvalue weighted by Gasteiger charge is 2.08. The third kappa shape index (κ3) is 3.93. The number of hydrogen-bond donors (Lipinski definition) is 2. The van der Waals surface area contributed by atoms with Crippen molar-refractivity contribution >= 4 is 29.1 Å². The van der Waals surface area contributed by atoms with Gasteiger partial charge < -0.3 is 10.6 Å². The minimum Gasteiger partial charge on any atom is -0.348 e. The number of anilines is 2. The minimum absolute atomic E-state index is 0.00452. The van der Waals surface area contributed by atoms with E-state index in [1.807, 2.05) is 31.2 Å². The van der Waals surface area contributed by atoms with Gasteiger partial charge in [0.25, 0.3) is 0 Å². The molecular weight excluding hydrogens is 276 g/mol. The van der Waals surface area contributed by atoms with Gasteiger partial charge in [0.15, 0.2) is 0 Å². The number of halogens is 1. The molecule has 0 aliphatic carbocycles. The van der Waals surface area contributed by atoms with E-state index in [-0.39, 0.29) is 11.9 Å². The van der Waals surface area contributed by atoms with Gasteiger partial charge in [0.1, 0.15) is 0 Å². The second-order valence-electron chi connectivity index (χ2n) is 4.40. The van der Waals surface area contributed by atoms with Crippen molar-refractivity contribution < 1.29 is 4.79 Å². The van der Waals surface area contributed by atoms with E-state index in [4.69, 9.17) is 11.6 Å². The molecule has 1 heterocycles. The topological polar surface area (TPSA) is 66.9 Å². The minimum atomic E-state index is -0.0937. The highest BCUT2D eigenvalue weighted by atomic mass is 35.5. The van der Waals surface area contributed by atoms with E-state index in [1.54, 1.807) is 0 Å². The maximum absolute atomic E-state index is 11.1. The lowest BCUT2D eigenvalue weighted by Gasteiger charge is -2.15. The van der Waals surface area contributed by atoms with Crippen LogP contribution < -0.4 is 10.6 Å². The van der Waals surface area contributed by atoms with Crippen LogP contribution in [0, 0.1) is 0 Å². The van der Waals surface area contributed by atoms with Gasteiger partial charge in [0.05, 0.1) is 23.5 Å². The van der Waals surface area contributed by atoms with Crippen LogP contribution in [0.25, 0.3) is 0 Å². The largest absolute Gasteiger partial charge is 0.348 e. The summed E-state index contributed by atoms with van der Waals surface area (Å²) in [5, 5.41) is 6.42. The Kier molecular flexibility index (Phi) is 4.53. The molecule has 104 valence electrons. The molecule has 5 nitrogen and oxygen atoms in total. The molecule has 0 bridgehead atoms. The molecule has 1 atom stereocenters. The Balaban J connectivity index is 2.10. The molecule has 1 aromatic carbocycles. The predicted octanol–water partition coefficient (Wildman–Crippen LogP) is 3.26. The fraction of sp³-hybridized carbons (Fsp3) is 0.214. The van der Waals surface area contributed by atoms with Crippen LogP contribution in [-0.2, 0) is 4.79 Å². The van der Waals surface area contributed by atoms with Gasteiger partial charge in [-0.25, -0.2) is 9.97 Å². The molecule has 0 saturated heterocycles. The Hall–Kier alpha value is -2.14. The normalized spacial score (nSPS) is 11.8. The number of nitrogens with zero attached hydrogens (tertiary/aromatic N) is 2. The summed E-state index contributed by atoms with van der Waals surface area (Å²) in [7, 11) is 0. The number of carbonyl (C=O) groups is 1. The summed E-state index contributed by atoms with van der Waals surface area (Å²) < 4.78 is 0. The fourth-order valence-corrected chi connectivity index (χ4v) is 1.85. The lowest BCUT2D eigenvalue weighted by atomic mass is 10.1. The SMILES string of the molecule is CC(=O)Nc1cccc(C(C)Nc2ncc(Cl)cn2)c1. The van der Waals surface area contributed by atoms with Gasteiger partial charge >= 0.3 is 0 Å². The van der Waals surface area contributed by atoms with E-state index >= 15 is 0 Å². The molecule has 2 rings (SSSR count). The fourth-order valence-electron chi connectivity index (χ4n) is 1.75. The second-order valence-corrected chi connectivity index (χ2v) is 4.83. The van der Waals surface area contributed by atoms with Crippen LogP contribution in [0.2, 0.25) is 5.02 Å². The summed E-state index contributed by atoms with van der Waals surface area (Å²) in [5.74, 6) is 0.413. The number of aromatic nitrogens is 2. The second kappa shape index (κ2) is 6.34. The molecule has 2 N–H and O–H groups in total. The molecule has 1 amide bonds. The summed E-state index contributed by atoms with van der Waals surface area (Å²) in [4.78, 5) is 19.2. The molecule has 0 aliphatic heterocycles. The first kappa shape index (κ1) is 14.3. The molecule has 20 heavy (non-hydrogen) atoms. The number of carbonyl (C=O) groups excluding carboxylic acids is 1. The first-order valence-electron chi connectivity index (χ1n) is 6.16. The van der Waals surface area contributed by atoms with E-state index < -0.39 is 0 Å². The van der Waals surface area contributed by atoms with Crippen molar-refractivity contribution in [3.8, 4) is 0 Å². The van der Waals surface area contributed by atoms with Crippen molar-refractivity contribution in [3.63, 3.8) is 0 Å². The van der Waals surface area contributed by atoms with Crippen LogP contribution in [-0.4, -0.2) is 15.9 Å². The Morgan fingerprint density at radius 2 is 2.00 bits per heavy atom. The summed E-state index contributed by atoms with van der Waals surface area (Å²) in [6.07, 6.45) is 3.08. The lowest BCUT2D eigenvalue weighted by molar-refractivity contribution is -0.114. The Morgan fingerprint density at radius 3 is 2.65 bits per heavy atom. The van der Waals surface area contributed by atoms with Gasteiger partial charge in [-0.2, -0.15) is 0 Å². The van der Waals surface area contributed by atoms with E-state index in [2.05, 4.69) is 20.6 Å². The van der Waals surface area contributed by atoms with Crippen molar-refractivity contribution in [2.75, 3.05) is 10.6 Å². The van der Waals surface area contributed by atoms with E-state index in [0.29, 0.717) is 11.0 Å². The van der Waals surface area contributed by atoms with E-state index in [1.165, 1.54) is 19.3 Å². The van der Waals surface area contributed by atoms with E-state index in [9.17, 15) is 4.79 Å². The first-order valence-corrected chi connectivity index (χ1v) is 6.54. The average Bonchev–Trinajstić information content (AvgIpc) is 2.41. The standard InChI is InChI=1S/C14H15ClN4O/c1-9(18-14-16-7-12(15)8-17-14)11-4-3-5-13(6-11)19-10(2)20/h3-9H,1-2H3,(H,19,20)(H,16,17,18). The third-order valence-electron chi connectivity index (χ3n) is 2.67. The molecule has 1 aromatic heterocycles. The molecule has 0 aliphatic rings. The molecule has 0 fully saturated rings. The molecular formula is C14H15ClN4O. The number of amides is 1. The number of hydrogen-bond acceptors (Lipinski definition) is 4. The van der Waals surface area contributed by atoms with Crippen molar-refractivity contribution in [2.24, 2.45) is 0 Å². The zero-order valence-corrected chi connectivity index (χ0v) is 12.0. The Bertz CT molecular complexity index is 600. The van der Waals surface area contributed by atoms with Crippen LogP contribution >= 0.6 is 11.6 Å². The number of nitrogens with one attached hydrogen (secondary N) is 2. The summed E-state index contributed by atoms with van der Waals surface area (Å²) in [6.45, 7) is 3.47. The quantitative estimate of drug-likeness (QED) is 0.907. The van der Waals surface area contributed by atoms with Crippen LogP contribution in [0.3, 0.4) is 0 Å². The van der Waals surface area contributed by atoms with Crippen molar-refractivity contribution in [1.82, 2.24) is 9.97 Å². The highest BCUT2D eigenvalue weighted by Crippen LogP contribution is 2.20. The summed E-state index contributed by atoms with van der Waals surface area (Å²) >= 11 is 5.74. The molecule has 0 saturated carbocycles. The number of benzene rings is 1. The maximum Gasteiger partial charge on any atom is 0.223 e. The molecule has 0 radical (unpaired) electrons. The highest BCUT2D eigenvalue weighted by molar-refractivity contribution is 6.30. The van der Waals surface area contributed by atoms with Gasteiger partial charge in [0, 0.05) is 12.6 Å².